The van der Waals surface area contributed by atoms with E-state index in [1.165, 1.54) is 0 Å². The number of carbonyl (C=O) groups excluding carboxylic acids is 2. The second kappa shape index (κ2) is 6.02. The van der Waals surface area contributed by atoms with E-state index >= 15 is 0 Å². The van der Waals surface area contributed by atoms with Gasteiger partial charge in [-0.3, -0.25) is 9.59 Å². The highest BCUT2D eigenvalue weighted by molar-refractivity contribution is 6.00. The minimum atomic E-state index is -1.16. The van der Waals surface area contributed by atoms with Crippen LogP contribution in [0.15, 0.2) is 24.3 Å². The molecule has 0 atom stereocenters. The Hall–Kier alpha value is -2.37. The Kier molecular flexibility index (Phi) is 4.07. The van der Waals surface area contributed by atoms with E-state index in [1.54, 1.807) is 29.2 Å². The first-order chi connectivity index (χ1) is 11.0. The molecular formula is C17H20N2O4. The van der Waals surface area contributed by atoms with E-state index in [1.807, 2.05) is 0 Å². The maximum absolute atomic E-state index is 12.5. The molecule has 2 amide bonds. The van der Waals surface area contributed by atoms with E-state index < -0.39 is 17.4 Å². The van der Waals surface area contributed by atoms with Gasteiger partial charge in [-0.1, -0.05) is 18.9 Å². The number of carboxylic acids is 1. The summed E-state index contributed by atoms with van der Waals surface area (Å²) in [6.07, 6.45) is 3.86. The van der Waals surface area contributed by atoms with Gasteiger partial charge < -0.3 is 15.3 Å². The summed E-state index contributed by atoms with van der Waals surface area (Å²) in [5.41, 5.74) is -0.0815. The van der Waals surface area contributed by atoms with Crippen LogP contribution in [0.2, 0.25) is 0 Å². The van der Waals surface area contributed by atoms with Crippen LogP contribution in [0.5, 0.6) is 0 Å². The zero-order chi connectivity index (χ0) is 16.4. The largest absolute Gasteiger partial charge is 0.480 e. The van der Waals surface area contributed by atoms with Crippen LogP contribution in [0, 0.1) is 0 Å². The van der Waals surface area contributed by atoms with Gasteiger partial charge >= 0.3 is 5.97 Å². The fourth-order valence-electron chi connectivity index (χ4n) is 3.40. The smallest absolute Gasteiger partial charge is 0.329 e. The van der Waals surface area contributed by atoms with Gasteiger partial charge in [-0.2, -0.15) is 0 Å². The molecule has 1 aromatic carbocycles. The van der Waals surface area contributed by atoms with E-state index in [4.69, 9.17) is 0 Å². The lowest BCUT2D eigenvalue weighted by molar-refractivity contribution is -0.144. The Morgan fingerprint density at radius 3 is 2.52 bits per heavy atom. The highest BCUT2D eigenvalue weighted by atomic mass is 16.4. The maximum atomic E-state index is 12.5. The third-order valence-electron chi connectivity index (χ3n) is 4.71. The molecule has 122 valence electrons. The van der Waals surface area contributed by atoms with E-state index in [0.29, 0.717) is 37.1 Å². The van der Waals surface area contributed by atoms with Crippen molar-refractivity contribution < 1.29 is 19.5 Å². The molecular weight excluding hydrogens is 296 g/mol. The summed E-state index contributed by atoms with van der Waals surface area (Å²) in [7, 11) is 0. The summed E-state index contributed by atoms with van der Waals surface area (Å²) in [4.78, 5) is 37.5. The predicted octanol–water partition coefficient (Wildman–Crippen LogP) is 1.94. The summed E-state index contributed by atoms with van der Waals surface area (Å²) >= 11 is 0. The number of anilines is 1. The summed E-state index contributed by atoms with van der Waals surface area (Å²) in [5, 5.41) is 12.1. The molecule has 3 rings (SSSR count). The van der Waals surface area contributed by atoms with Crippen molar-refractivity contribution in [3.8, 4) is 0 Å². The molecule has 6 nitrogen and oxygen atoms in total. The number of benzene rings is 1. The van der Waals surface area contributed by atoms with Crippen molar-refractivity contribution in [1.29, 1.82) is 0 Å². The third-order valence-corrected chi connectivity index (χ3v) is 4.71. The normalized spacial score (nSPS) is 19.8. The van der Waals surface area contributed by atoms with Crippen molar-refractivity contribution in [3.63, 3.8) is 0 Å². The molecule has 23 heavy (non-hydrogen) atoms. The molecule has 0 unspecified atom stereocenters. The van der Waals surface area contributed by atoms with Crippen LogP contribution < -0.4 is 10.2 Å². The van der Waals surface area contributed by atoms with Crippen molar-refractivity contribution in [1.82, 2.24) is 5.32 Å². The standard InChI is InChI=1S/C17H20N2O4/c20-14-7-4-10-19(14)13-6-3-5-12(11-13)15(21)18-17(16(22)23)8-1-2-9-17/h3,5-6,11H,1-2,4,7-10H2,(H,18,21)(H,22,23). The fourth-order valence-corrected chi connectivity index (χ4v) is 3.40. The number of rotatable bonds is 4. The van der Waals surface area contributed by atoms with Gasteiger partial charge in [-0.05, 0) is 37.5 Å². The minimum Gasteiger partial charge on any atom is -0.480 e. The lowest BCUT2D eigenvalue weighted by Gasteiger charge is -2.25. The van der Waals surface area contributed by atoms with E-state index in [9.17, 15) is 19.5 Å². The van der Waals surface area contributed by atoms with Gasteiger partial charge in [0.2, 0.25) is 5.91 Å². The average Bonchev–Trinajstić information content (AvgIpc) is 3.17. The van der Waals surface area contributed by atoms with E-state index in [2.05, 4.69) is 5.32 Å². The van der Waals surface area contributed by atoms with Gasteiger partial charge in [0.1, 0.15) is 5.54 Å². The van der Waals surface area contributed by atoms with Gasteiger partial charge in [0.15, 0.2) is 0 Å². The third kappa shape index (κ3) is 2.93. The van der Waals surface area contributed by atoms with Crippen molar-refractivity contribution >= 4 is 23.5 Å². The SMILES string of the molecule is O=C(NC1(C(=O)O)CCCC1)c1cccc(N2CCCC2=O)c1. The van der Waals surface area contributed by atoms with Crippen molar-refractivity contribution in [2.75, 3.05) is 11.4 Å². The minimum absolute atomic E-state index is 0.0559. The number of carboxylic acid groups (broad SMARTS) is 1. The van der Waals surface area contributed by atoms with Crippen molar-refractivity contribution in [2.45, 2.75) is 44.1 Å². The lowest BCUT2D eigenvalue weighted by atomic mass is 9.97. The van der Waals surface area contributed by atoms with Crippen LogP contribution in [0.4, 0.5) is 5.69 Å². The lowest BCUT2D eigenvalue weighted by Crippen LogP contribution is -2.52. The molecule has 1 saturated carbocycles. The van der Waals surface area contributed by atoms with Crippen LogP contribution in [-0.4, -0.2) is 35.0 Å². The molecule has 0 aromatic heterocycles. The molecule has 2 N–H and O–H groups in total. The molecule has 1 aliphatic carbocycles. The van der Waals surface area contributed by atoms with Crippen molar-refractivity contribution in [3.05, 3.63) is 29.8 Å². The number of hydrogen-bond acceptors (Lipinski definition) is 3. The molecule has 1 aliphatic heterocycles. The number of carbonyl (C=O) groups is 3. The summed E-state index contributed by atoms with van der Waals surface area (Å²) in [6, 6.07) is 6.81. The molecule has 0 bridgehead atoms. The Balaban J connectivity index is 1.80. The number of hydrogen-bond donors (Lipinski definition) is 2. The molecule has 0 spiro atoms. The van der Waals surface area contributed by atoms with Crippen LogP contribution in [0.1, 0.15) is 48.9 Å². The molecule has 0 radical (unpaired) electrons. The molecule has 2 aliphatic rings. The van der Waals surface area contributed by atoms with E-state index in [-0.39, 0.29) is 5.91 Å². The highest BCUT2D eigenvalue weighted by Crippen LogP contribution is 2.30. The van der Waals surface area contributed by atoms with E-state index in [0.717, 1.165) is 19.3 Å². The highest BCUT2D eigenvalue weighted by Gasteiger charge is 2.42. The fraction of sp³-hybridized carbons (Fsp3) is 0.471. The average molecular weight is 316 g/mol. The molecule has 6 heteroatoms. The zero-order valence-electron chi connectivity index (χ0n) is 12.9. The number of nitrogens with zero attached hydrogens (tertiary/aromatic N) is 1. The first-order valence-corrected chi connectivity index (χ1v) is 7.98. The second-order valence-electron chi connectivity index (χ2n) is 6.25. The monoisotopic (exact) mass is 316 g/mol. The predicted molar refractivity (Wildman–Crippen MR) is 84.3 cm³/mol. The van der Waals surface area contributed by atoms with Gasteiger partial charge in [-0.25, -0.2) is 4.79 Å². The first kappa shape index (κ1) is 15.5. The summed E-state index contributed by atoms with van der Waals surface area (Å²) < 4.78 is 0. The first-order valence-electron chi connectivity index (χ1n) is 7.98. The van der Waals surface area contributed by atoms with Gasteiger partial charge in [0, 0.05) is 24.2 Å². The van der Waals surface area contributed by atoms with Gasteiger partial charge in [0.25, 0.3) is 5.91 Å². The number of nitrogens with one attached hydrogen (secondary N) is 1. The zero-order valence-corrected chi connectivity index (χ0v) is 12.9. The summed E-state index contributed by atoms with van der Waals surface area (Å²) in [6.45, 7) is 0.656. The maximum Gasteiger partial charge on any atom is 0.329 e. The quantitative estimate of drug-likeness (QED) is 0.889. The Morgan fingerprint density at radius 2 is 1.91 bits per heavy atom. The number of aliphatic carboxylic acids is 1. The molecule has 1 aromatic rings. The molecule has 1 heterocycles. The topological polar surface area (TPSA) is 86.7 Å². The Bertz CT molecular complexity index is 650. The van der Waals surface area contributed by atoms with Gasteiger partial charge in [-0.15, -0.1) is 0 Å². The summed E-state index contributed by atoms with van der Waals surface area (Å²) in [5.74, 6) is -1.32. The Morgan fingerprint density at radius 1 is 1.17 bits per heavy atom. The van der Waals surface area contributed by atoms with Crippen LogP contribution in [-0.2, 0) is 9.59 Å². The van der Waals surface area contributed by atoms with Crippen LogP contribution in [0.25, 0.3) is 0 Å². The molecule has 1 saturated heterocycles. The van der Waals surface area contributed by atoms with Crippen LogP contribution in [0.3, 0.4) is 0 Å². The number of amides is 2. The second-order valence-corrected chi connectivity index (χ2v) is 6.25. The van der Waals surface area contributed by atoms with Crippen molar-refractivity contribution in [2.24, 2.45) is 0 Å². The molecule has 2 fully saturated rings. The Labute approximate surface area is 134 Å². The van der Waals surface area contributed by atoms with Crippen LogP contribution >= 0.6 is 0 Å². The van der Waals surface area contributed by atoms with Gasteiger partial charge in [0.05, 0.1) is 0 Å².